The van der Waals surface area contributed by atoms with Gasteiger partial charge in [0.2, 0.25) is 0 Å². The van der Waals surface area contributed by atoms with Crippen LogP contribution in [0.2, 0.25) is 0 Å². The zero-order valence-corrected chi connectivity index (χ0v) is 11.0. The highest BCUT2D eigenvalue weighted by atomic mass is 127. The van der Waals surface area contributed by atoms with Crippen LogP contribution >= 0.6 is 21.3 Å². The third-order valence-corrected chi connectivity index (χ3v) is 3.94. The predicted octanol–water partition coefficient (Wildman–Crippen LogP) is 2.82. The van der Waals surface area contributed by atoms with Gasteiger partial charge in [-0.2, -0.15) is 3.15 Å². The fourth-order valence-electron chi connectivity index (χ4n) is 1.68. The molecule has 3 N–H and O–H groups in total. The summed E-state index contributed by atoms with van der Waals surface area (Å²) in [5.41, 5.74) is 1.92. The summed E-state index contributed by atoms with van der Waals surface area (Å²) in [7, 11) is 0. The molecule has 0 bridgehead atoms. The van der Waals surface area contributed by atoms with Crippen LogP contribution in [-0.2, 0) is 6.42 Å². The normalized spacial score (nSPS) is 13.8. The second-order valence-corrected chi connectivity index (χ2v) is 5.19. The average Bonchev–Trinajstić information content (AvgIpc) is 2.74. The van der Waals surface area contributed by atoms with Crippen LogP contribution in [0.1, 0.15) is 17.1 Å². The molecule has 86 valence electrons. The Kier molecular flexibility index (Phi) is 2.71. The predicted molar refractivity (Wildman–Crippen MR) is 74.7 cm³/mol. The minimum absolute atomic E-state index is 0.318. The Bertz CT molecular complexity index is 587. The van der Waals surface area contributed by atoms with Crippen molar-refractivity contribution in [1.29, 1.82) is 5.41 Å². The molecule has 17 heavy (non-hydrogen) atoms. The zero-order chi connectivity index (χ0) is 11.7. The first kappa shape index (κ1) is 10.6. The molecule has 6 heteroatoms. The van der Waals surface area contributed by atoms with E-state index in [0.717, 1.165) is 18.1 Å². The molecular weight excluding hydrogens is 329 g/mol. The van der Waals surface area contributed by atoms with Crippen LogP contribution in [0.15, 0.2) is 33.5 Å². The number of nitrogens with one attached hydrogen (secondary N) is 3. The quantitative estimate of drug-likeness (QED) is 0.581. The second-order valence-electron chi connectivity index (χ2n) is 3.68. The number of imidazole rings is 1. The van der Waals surface area contributed by atoms with E-state index < -0.39 is 21.3 Å². The van der Waals surface area contributed by atoms with Gasteiger partial charge < -0.3 is 8.51 Å². The van der Waals surface area contributed by atoms with Crippen molar-refractivity contribution in [3.63, 3.8) is 0 Å². The van der Waals surface area contributed by atoms with Gasteiger partial charge in [-0.3, -0.25) is 5.41 Å². The highest BCUT2D eigenvalue weighted by Crippen LogP contribution is 2.24. The lowest BCUT2D eigenvalue weighted by atomic mass is 10.1. The maximum absolute atomic E-state index is 7.71. The van der Waals surface area contributed by atoms with Crippen LogP contribution < -0.4 is 3.53 Å². The van der Waals surface area contributed by atoms with Crippen molar-refractivity contribution in [3.8, 4) is 0 Å². The molecule has 1 aromatic heterocycles. The van der Waals surface area contributed by atoms with Crippen molar-refractivity contribution in [2.45, 2.75) is 6.42 Å². The van der Waals surface area contributed by atoms with Crippen molar-refractivity contribution in [1.82, 2.24) is 9.97 Å². The molecule has 0 unspecified atom stereocenters. The van der Waals surface area contributed by atoms with Crippen molar-refractivity contribution in [2.75, 3.05) is 3.53 Å². The van der Waals surface area contributed by atoms with E-state index in [4.69, 9.17) is 5.41 Å². The molecular formula is C11H10IN5. The lowest BCUT2D eigenvalue weighted by Gasteiger charge is -2.02. The van der Waals surface area contributed by atoms with Gasteiger partial charge >= 0.3 is 0 Å². The molecule has 0 atom stereocenters. The third kappa shape index (κ3) is 2.12. The highest BCUT2D eigenvalue weighted by molar-refractivity contribution is 14.2. The van der Waals surface area contributed by atoms with Crippen LogP contribution in [0.3, 0.4) is 0 Å². The Morgan fingerprint density at radius 1 is 1.24 bits per heavy atom. The molecule has 0 amide bonds. The van der Waals surface area contributed by atoms with Crippen LogP contribution in [-0.4, -0.2) is 15.8 Å². The second kappa shape index (κ2) is 4.36. The SMILES string of the molecule is N=C1N=INc2nc(Cc3ccccc3)[nH]c21. The summed E-state index contributed by atoms with van der Waals surface area (Å²) in [6.45, 7) is 0. The Morgan fingerprint density at radius 2 is 2.06 bits per heavy atom. The molecule has 0 aliphatic carbocycles. The van der Waals surface area contributed by atoms with Crippen molar-refractivity contribution in [2.24, 2.45) is 3.15 Å². The van der Waals surface area contributed by atoms with Gasteiger partial charge in [0.15, 0.2) is 11.7 Å². The molecule has 0 fully saturated rings. The van der Waals surface area contributed by atoms with Gasteiger partial charge in [-0.25, -0.2) is 4.98 Å². The summed E-state index contributed by atoms with van der Waals surface area (Å²) < 4.78 is 7.26. The summed E-state index contributed by atoms with van der Waals surface area (Å²) in [4.78, 5) is 7.61. The van der Waals surface area contributed by atoms with E-state index in [1.165, 1.54) is 5.56 Å². The molecule has 2 heterocycles. The average molecular weight is 339 g/mol. The van der Waals surface area contributed by atoms with E-state index >= 15 is 0 Å². The standard InChI is InChI=1S/C11H10IN5/c13-10-9-11(17-12-16-10)15-8(14-9)6-7-4-2-1-3-5-7/h1-5H,6H2,(H3,13,14,15,16,17). The summed E-state index contributed by atoms with van der Waals surface area (Å²) in [5.74, 6) is 1.97. The Balaban J connectivity index is 1.89. The Labute approximate surface area is 109 Å². The number of aromatic nitrogens is 2. The Hall–Kier alpha value is -1.57. The molecule has 3 rings (SSSR count). The maximum atomic E-state index is 7.71. The van der Waals surface area contributed by atoms with E-state index in [2.05, 4.69) is 28.8 Å². The van der Waals surface area contributed by atoms with Gasteiger partial charge in [0.05, 0.1) is 0 Å². The van der Waals surface area contributed by atoms with Gasteiger partial charge in [-0.05, 0) is 5.56 Å². The van der Waals surface area contributed by atoms with E-state index in [1.807, 2.05) is 18.2 Å². The van der Waals surface area contributed by atoms with Crippen molar-refractivity contribution in [3.05, 3.63) is 47.4 Å². The van der Waals surface area contributed by atoms with E-state index in [-0.39, 0.29) is 0 Å². The van der Waals surface area contributed by atoms with Gasteiger partial charge in [0.1, 0.15) is 32.8 Å². The van der Waals surface area contributed by atoms with Crippen LogP contribution in [0.25, 0.3) is 0 Å². The summed E-state index contributed by atoms with van der Waals surface area (Å²) in [5, 5.41) is 7.71. The van der Waals surface area contributed by atoms with Gasteiger partial charge in [0.25, 0.3) is 0 Å². The van der Waals surface area contributed by atoms with Gasteiger partial charge in [0, 0.05) is 6.42 Å². The number of halogens is 1. The largest absolute Gasteiger partial charge is 0.337 e. The fourth-order valence-corrected chi connectivity index (χ4v) is 2.90. The number of hydrogen-bond acceptors (Lipinski definition) is 3. The summed E-state index contributed by atoms with van der Waals surface area (Å²) >= 11 is -0.494. The molecule has 0 spiro atoms. The summed E-state index contributed by atoms with van der Waals surface area (Å²) in [6.07, 6.45) is 0.751. The first-order valence-electron chi connectivity index (χ1n) is 5.15. The van der Waals surface area contributed by atoms with Crippen molar-refractivity contribution < 1.29 is 0 Å². The molecule has 1 aromatic carbocycles. The number of fused-ring (bicyclic) bond motifs is 1. The van der Waals surface area contributed by atoms with E-state index in [1.54, 1.807) is 0 Å². The number of anilines is 1. The number of benzene rings is 1. The molecule has 0 saturated carbocycles. The van der Waals surface area contributed by atoms with Gasteiger partial charge in [-0.15, -0.1) is 0 Å². The number of amidine groups is 1. The lowest BCUT2D eigenvalue weighted by Crippen LogP contribution is -2.01. The number of rotatable bonds is 2. The minimum atomic E-state index is -0.494. The molecule has 0 saturated heterocycles. The van der Waals surface area contributed by atoms with Crippen LogP contribution in [0, 0.1) is 5.41 Å². The summed E-state index contributed by atoms with van der Waals surface area (Å²) in [6, 6.07) is 10.2. The molecule has 1 aliphatic rings. The van der Waals surface area contributed by atoms with E-state index in [0.29, 0.717) is 11.5 Å². The smallest absolute Gasteiger partial charge is 0.179 e. The number of nitrogens with zero attached hydrogens (tertiary/aromatic N) is 2. The van der Waals surface area contributed by atoms with E-state index in [9.17, 15) is 0 Å². The molecule has 1 aliphatic heterocycles. The van der Waals surface area contributed by atoms with Crippen LogP contribution in [0.5, 0.6) is 0 Å². The molecule has 2 aromatic rings. The zero-order valence-electron chi connectivity index (χ0n) is 8.87. The van der Waals surface area contributed by atoms with Gasteiger partial charge in [-0.1, -0.05) is 30.3 Å². The minimum Gasteiger partial charge on any atom is -0.337 e. The monoisotopic (exact) mass is 339 g/mol. The fraction of sp³-hybridized carbons (Fsp3) is 0.0909. The maximum Gasteiger partial charge on any atom is 0.179 e. The highest BCUT2D eigenvalue weighted by Gasteiger charge is 2.16. The molecule has 5 nitrogen and oxygen atoms in total. The lowest BCUT2D eigenvalue weighted by molar-refractivity contribution is 1.02. The topological polar surface area (TPSA) is 76.9 Å². The third-order valence-electron chi connectivity index (χ3n) is 2.46. The van der Waals surface area contributed by atoms with Crippen LogP contribution in [0.4, 0.5) is 5.82 Å². The first-order valence-corrected chi connectivity index (χ1v) is 7.19. The number of H-pyrrole nitrogens is 1. The Morgan fingerprint density at radius 3 is 2.82 bits per heavy atom. The number of aromatic amines is 1. The molecule has 0 radical (unpaired) electrons. The number of hydrogen-bond donors (Lipinski definition) is 3. The first-order chi connectivity index (χ1) is 8.33. The van der Waals surface area contributed by atoms with Crippen molar-refractivity contribution >= 4 is 33.0 Å².